The van der Waals surface area contributed by atoms with Crippen LogP contribution in [0, 0.1) is 12.8 Å². The molecule has 0 fully saturated rings. The lowest BCUT2D eigenvalue weighted by Gasteiger charge is -2.11. The van der Waals surface area contributed by atoms with Crippen molar-refractivity contribution in [2.45, 2.75) is 27.2 Å². The molecule has 5 heteroatoms. The first-order valence-corrected chi connectivity index (χ1v) is 6.20. The second-order valence-corrected chi connectivity index (χ2v) is 4.40. The molecule has 1 amide bonds. The number of carboxylic acids is 1. The molecule has 0 saturated carbocycles. The van der Waals surface area contributed by atoms with Crippen molar-refractivity contribution < 1.29 is 19.4 Å². The van der Waals surface area contributed by atoms with Crippen LogP contribution in [-0.2, 0) is 9.59 Å². The molecule has 1 unspecified atom stereocenters. The Morgan fingerprint density at radius 1 is 1.42 bits per heavy atom. The Labute approximate surface area is 112 Å². The molecule has 5 nitrogen and oxygen atoms in total. The second kappa shape index (κ2) is 6.78. The van der Waals surface area contributed by atoms with E-state index in [4.69, 9.17) is 9.84 Å². The standard InChI is InChI=1S/C14H19NO4/c1-4-19-12-6-5-11(7-9(12)2)15-13(16)8-10(3)14(17)18/h5-7,10H,4,8H2,1-3H3,(H,15,16)(H,17,18). The summed E-state index contributed by atoms with van der Waals surface area (Å²) in [6, 6.07) is 5.32. The van der Waals surface area contributed by atoms with E-state index in [0.29, 0.717) is 12.3 Å². The van der Waals surface area contributed by atoms with Crippen LogP contribution >= 0.6 is 0 Å². The van der Waals surface area contributed by atoms with Gasteiger partial charge in [-0.2, -0.15) is 0 Å². The minimum atomic E-state index is -0.974. The molecule has 0 aromatic heterocycles. The van der Waals surface area contributed by atoms with Gasteiger partial charge in [0.05, 0.1) is 12.5 Å². The van der Waals surface area contributed by atoms with E-state index in [1.807, 2.05) is 13.8 Å². The predicted octanol–water partition coefficient (Wildman–Crippen LogP) is 2.44. The fraction of sp³-hybridized carbons (Fsp3) is 0.429. The molecule has 0 spiro atoms. The third kappa shape index (κ3) is 4.62. The van der Waals surface area contributed by atoms with Crippen LogP contribution < -0.4 is 10.1 Å². The van der Waals surface area contributed by atoms with Gasteiger partial charge in [0, 0.05) is 12.1 Å². The number of carboxylic acid groups (broad SMARTS) is 1. The fourth-order valence-electron chi connectivity index (χ4n) is 1.62. The van der Waals surface area contributed by atoms with E-state index in [9.17, 15) is 9.59 Å². The molecule has 1 rings (SSSR count). The molecule has 104 valence electrons. The maximum absolute atomic E-state index is 11.6. The highest BCUT2D eigenvalue weighted by atomic mass is 16.5. The number of benzene rings is 1. The molecule has 1 atom stereocenters. The van der Waals surface area contributed by atoms with Crippen LogP contribution in [0.3, 0.4) is 0 Å². The summed E-state index contributed by atoms with van der Waals surface area (Å²) in [5.74, 6) is -1.19. The normalized spacial score (nSPS) is 11.7. The number of hydrogen-bond acceptors (Lipinski definition) is 3. The highest BCUT2D eigenvalue weighted by Gasteiger charge is 2.15. The number of aryl methyl sites for hydroxylation is 1. The van der Waals surface area contributed by atoms with Gasteiger partial charge < -0.3 is 15.2 Å². The summed E-state index contributed by atoms with van der Waals surface area (Å²) >= 11 is 0. The minimum Gasteiger partial charge on any atom is -0.494 e. The topological polar surface area (TPSA) is 75.6 Å². The monoisotopic (exact) mass is 265 g/mol. The quantitative estimate of drug-likeness (QED) is 0.828. The van der Waals surface area contributed by atoms with Crippen molar-refractivity contribution in [3.63, 3.8) is 0 Å². The van der Waals surface area contributed by atoms with Gasteiger partial charge in [-0.3, -0.25) is 9.59 Å². The molecule has 1 aromatic rings. The van der Waals surface area contributed by atoms with Gasteiger partial charge in [0.2, 0.25) is 5.91 Å². The zero-order valence-corrected chi connectivity index (χ0v) is 11.4. The van der Waals surface area contributed by atoms with Gasteiger partial charge in [-0.25, -0.2) is 0 Å². The summed E-state index contributed by atoms with van der Waals surface area (Å²) in [7, 11) is 0. The smallest absolute Gasteiger partial charge is 0.306 e. The number of aliphatic carboxylic acids is 1. The maximum Gasteiger partial charge on any atom is 0.306 e. The number of carbonyl (C=O) groups excluding carboxylic acids is 1. The van der Waals surface area contributed by atoms with Gasteiger partial charge in [-0.05, 0) is 37.6 Å². The van der Waals surface area contributed by atoms with Crippen molar-refractivity contribution in [1.29, 1.82) is 0 Å². The van der Waals surface area contributed by atoms with Crippen LogP contribution in [0.25, 0.3) is 0 Å². The Morgan fingerprint density at radius 3 is 2.63 bits per heavy atom. The first kappa shape index (κ1) is 15.0. The van der Waals surface area contributed by atoms with E-state index in [2.05, 4.69) is 5.32 Å². The van der Waals surface area contributed by atoms with Gasteiger partial charge in [0.1, 0.15) is 5.75 Å². The third-order valence-corrected chi connectivity index (χ3v) is 2.67. The fourth-order valence-corrected chi connectivity index (χ4v) is 1.62. The highest BCUT2D eigenvalue weighted by Crippen LogP contribution is 2.22. The van der Waals surface area contributed by atoms with Gasteiger partial charge in [-0.15, -0.1) is 0 Å². The van der Waals surface area contributed by atoms with Crippen LogP contribution in [0.15, 0.2) is 18.2 Å². The molecule has 1 aromatic carbocycles. The lowest BCUT2D eigenvalue weighted by molar-refractivity contribution is -0.142. The molecule has 0 radical (unpaired) electrons. The Kier molecular flexibility index (Phi) is 5.36. The average molecular weight is 265 g/mol. The molecule has 19 heavy (non-hydrogen) atoms. The maximum atomic E-state index is 11.6. The molecule has 0 aliphatic heterocycles. The van der Waals surface area contributed by atoms with E-state index in [0.717, 1.165) is 11.3 Å². The molecule has 2 N–H and O–H groups in total. The van der Waals surface area contributed by atoms with Crippen LogP contribution in [0.4, 0.5) is 5.69 Å². The average Bonchev–Trinajstić information content (AvgIpc) is 2.32. The Bertz CT molecular complexity index is 471. The number of anilines is 1. The lowest BCUT2D eigenvalue weighted by Crippen LogP contribution is -2.20. The van der Waals surface area contributed by atoms with Crippen LogP contribution in [-0.4, -0.2) is 23.6 Å². The molecular weight excluding hydrogens is 246 g/mol. The Morgan fingerprint density at radius 2 is 2.11 bits per heavy atom. The van der Waals surface area contributed by atoms with Gasteiger partial charge >= 0.3 is 5.97 Å². The lowest BCUT2D eigenvalue weighted by atomic mass is 10.1. The van der Waals surface area contributed by atoms with Gasteiger partial charge in [0.25, 0.3) is 0 Å². The van der Waals surface area contributed by atoms with Crippen molar-refractivity contribution in [2.75, 3.05) is 11.9 Å². The summed E-state index contributed by atoms with van der Waals surface area (Å²) in [4.78, 5) is 22.3. The summed E-state index contributed by atoms with van der Waals surface area (Å²) in [6.07, 6.45) is -0.0401. The van der Waals surface area contributed by atoms with Crippen molar-refractivity contribution in [3.8, 4) is 5.75 Å². The van der Waals surface area contributed by atoms with E-state index in [1.54, 1.807) is 18.2 Å². The second-order valence-electron chi connectivity index (χ2n) is 4.40. The van der Waals surface area contributed by atoms with Crippen molar-refractivity contribution in [2.24, 2.45) is 5.92 Å². The number of rotatable bonds is 6. The zero-order valence-electron chi connectivity index (χ0n) is 11.4. The first-order chi connectivity index (χ1) is 8.93. The van der Waals surface area contributed by atoms with Crippen molar-refractivity contribution >= 4 is 17.6 Å². The summed E-state index contributed by atoms with van der Waals surface area (Å²) in [6.45, 7) is 5.89. The molecular formula is C14H19NO4. The number of ether oxygens (including phenoxy) is 1. The summed E-state index contributed by atoms with van der Waals surface area (Å²) < 4.78 is 5.40. The number of amides is 1. The van der Waals surface area contributed by atoms with E-state index in [1.165, 1.54) is 6.92 Å². The number of nitrogens with one attached hydrogen (secondary N) is 1. The number of carbonyl (C=O) groups is 2. The Hall–Kier alpha value is -2.04. The largest absolute Gasteiger partial charge is 0.494 e. The zero-order chi connectivity index (χ0) is 14.4. The minimum absolute atomic E-state index is 0.0401. The van der Waals surface area contributed by atoms with E-state index in [-0.39, 0.29) is 12.3 Å². The van der Waals surface area contributed by atoms with E-state index < -0.39 is 11.9 Å². The van der Waals surface area contributed by atoms with Gasteiger partial charge in [0.15, 0.2) is 0 Å². The third-order valence-electron chi connectivity index (χ3n) is 2.67. The number of hydrogen-bond donors (Lipinski definition) is 2. The highest BCUT2D eigenvalue weighted by molar-refractivity contribution is 5.93. The molecule has 0 bridgehead atoms. The van der Waals surface area contributed by atoms with E-state index >= 15 is 0 Å². The first-order valence-electron chi connectivity index (χ1n) is 6.20. The predicted molar refractivity (Wildman–Crippen MR) is 72.4 cm³/mol. The molecule has 0 aliphatic rings. The van der Waals surface area contributed by atoms with Crippen LogP contribution in [0.2, 0.25) is 0 Å². The van der Waals surface area contributed by atoms with Crippen LogP contribution in [0.1, 0.15) is 25.8 Å². The van der Waals surface area contributed by atoms with Crippen molar-refractivity contribution in [1.82, 2.24) is 0 Å². The van der Waals surface area contributed by atoms with Crippen molar-refractivity contribution in [3.05, 3.63) is 23.8 Å². The molecule has 0 heterocycles. The Balaban J connectivity index is 2.65. The SMILES string of the molecule is CCOc1ccc(NC(=O)CC(C)C(=O)O)cc1C. The van der Waals surface area contributed by atoms with Gasteiger partial charge in [-0.1, -0.05) is 6.92 Å². The molecule has 0 aliphatic carbocycles. The summed E-state index contributed by atoms with van der Waals surface area (Å²) in [5.41, 5.74) is 1.56. The summed E-state index contributed by atoms with van der Waals surface area (Å²) in [5, 5.41) is 11.4. The van der Waals surface area contributed by atoms with Crippen LogP contribution in [0.5, 0.6) is 5.75 Å². The molecule has 0 saturated heterocycles.